The predicted molar refractivity (Wildman–Crippen MR) is 46.4 cm³/mol. The van der Waals surface area contributed by atoms with Crippen molar-refractivity contribution < 1.29 is 9.18 Å². The van der Waals surface area contributed by atoms with E-state index in [4.69, 9.17) is 11.6 Å². The Morgan fingerprint density at radius 3 is 2.50 bits per heavy atom. The molecule has 0 bridgehead atoms. The summed E-state index contributed by atoms with van der Waals surface area (Å²) >= 11 is 5.20. The van der Waals surface area contributed by atoms with Crippen LogP contribution in [0.1, 0.15) is 10.4 Å². The van der Waals surface area contributed by atoms with Crippen molar-refractivity contribution in [2.45, 2.75) is 6.17 Å². The van der Waals surface area contributed by atoms with Crippen molar-refractivity contribution >= 4 is 17.4 Å². The van der Waals surface area contributed by atoms with Crippen molar-refractivity contribution in [3.05, 3.63) is 35.9 Å². The van der Waals surface area contributed by atoms with E-state index >= 15 is 0 Å². The molecule has 0 heterocycles. The molecule has 0 radical (unpaired) electrons. The SMILES string of the molecule is O=C(c1ccccc1)C(F)CCl. The second-order valence-electron chi connectivity index (χ2n) is 2.35. The van der Waals surface area contributed by atoms with Gasteiger partial charge in [0.25, 0.3) is 0 Å². The third-order valence-electron chi connectivity index (χ3n) is 1.48. The summed E-state index contributed by atoms with van der Waals surface area (Å²) in [6, 6.07) is 8.29. The highest BCUT2D eigenvalue weighted by atomic mass is 35.5. The molecular weight excluding hydrogens is 179 g/mol. The van der Waals surface area contributed by atoms with Gasteiger partial charge in [-0.05, 0) is 0 Å². The first-order valence-corrected chi connectivity index (χ1v) is 4.08. The maximum absolute atomic E-state index is 12.7. The summed E-state index contributed by atoms with van der Waals surface area (Å²) in [6.07, 6.45) is -1.59. The molecule has 1 aromatic rings. The number of hydrogen-bond acceptors (Lipinski definition) is 1. The Morgan fingerprint density at radius 2 is 2.00 bits per heavy atom. The zero-order chi connectivity index (χ0) is 8.97. The molecule has 0 saturated carbocycles. The van der Waals surface area contributed by atoms with Gasteiger partial charge < -0.3 is 0 Å². The van der Waals surface area contributed by atoms with Crippen LogP contribution in [0, 0.1) is 0 Å². The van der Waals surface area contributed by atoms with Crippen molar-refractivity contribution in [3.63, 3.8) is 0 Å². The fraction of sp³-hybridized carbons (Fsp3) is 0.222. The Kier molecular flexibility index (Phi) is 3.23. The van der Waals surface area contributed by atoms with Crippen LogP contribution in [0.5, 0.6) is 0 Å². The molecule has 0 N–H and O–H groups in total. The highest BCUT2D eigenvalue weighted by Crippen LogP contribution is 2.06. The number of carbonyl (C=O) groups excluding carboxylic acids is 1. The van der Waals surface area contributed by atoms with E-state index in [9.17, 15) is 9.18 Å². The van der Waals surface area contributed by atoms with Gasteiger partial charge in [-0.3, -0.25) is 4.79 Å². The molecule has 0 fully saturated rings. The number of benzene rings is 1. The normalized spacial score (nSPS) is 12.5. The van der Waals surface area contributed by atoms with Crippen LogP contribution in [0.2, 0.25) is 0 Å². The fourth-order valence-electron chi connectivity index (χ4n) is 0.853. The summed E-state index contributed by atoms with van der Waals surface area (Å²) in [4.78, 5) is 11.1. The van der Waals surface area contributed by atoms with Crippen LogP contribution in [0.4, 0.5) is 4.39 Å². The molecule has 64 valence electrons. The molecule has 12 heavy (non-hydrogen) atoms. The van der Waals surface area contributed by atoms with E-state index in [1.165, 1.54) is 0 Å². The Morgan fingerprint density at radius 1 is 1.42 bits per heavy atom. The number of rotatable bonds is 3. The number of ketones is 1. The predicted octanol–water partition coefficient (Wildman–Crippen LogP) is 2.45. The minimum atomic E-state index is -1.59. The van der Waals surface area contributed by atoms with Gasteiger partial charge in [-0.15, -0.1) is 11.6 Å². The zero-order valence-electron chi connectivity index (χ0n) is 6.34. The van der Waals surface area contributed by atoms with Crippen LogP contribution >= 0.6 is 11.6 Å². The smallest absolute Gasteiger partial charge is 0.198 e. The number of hydrogen-bond donors (Lipinski definition) is 0. The monoisotopic (exact) mass is 186 g/mol. The molecule has 0 amide bonds. The molecular formula is C9H8ClFO. The summed E-state index contributed by atoms with van der Waals surface area (Å²) < 4.78 is 12.7. The average molecular weight is 187 g/mol. The van der Waals surface area contributed by atoms with E-state index < -0.39 is 12.0 Å². The van der Waals surface area contributed by atoms with Gasteiger partial charge in [0.2, 0.25) is 0 Å². The Hall–Kier alpha value is -0.890. The van der Waals surface area contributed by atoms with Gasteiger partial charge in [-0.2, -0.15) is 0 Å². The molecule has 0 aromatic heterocycles. The molecule has 0 aliphatic carbocycles. The first-order chi connectivity index (χ1) is 5.75. The molecule has 0 aliphatic rings. The second kappa shape index (κ2) is 4.21. The van der Waals surface area contributed by atoms with Gasteiger partial charge in [-0.25, -0.2) is 4.39 Å². The van der Waals surface area contributed by atoms with Crippen molar-refractivity contribution in [2.24, 2.45) is 0 Å². The molecule has 1 aromatic carbocycles. The molecule has 0 saturated heterocycles. The van der Waals surface area contributed by atoms with Crippen molar-refractivity contribution in [1.29, 1.82) is 0 Å². The Balaban J connectivity index is 2.79. The first-order valence-electron chi connectivity index (χ1n) is 3.55. The molecule has 0 aliphatic heterocycles. The van der Waals surface area contributed by atoms with Crippen LogP contribution in [0.3, 0.4) is 0 Å². The van der Waals surface area contributed by atoms with Gasteiger partial charge in [0.05, 0.1) is 5.88 Å². The van der Waals surface area contributed by atoms with Crippen LogP contribution in [0.15, 0.2) is 30.3 Å². The van der Waals surface area contributed by atoms with Gasteiger partial charge >= 0.3 is 0 Å². The zero-order valence-corrected chi connectivity index (χ0v) is 7.09. The van der Waals surface area contributed by atoms with Crippen molar-refractivity contribution in [2.75, 3.05) is 5.88 Å². The standard InChI is InChI=1S/C9H8ClFO/c10-6-8(11)9(12)7-4-2-1-3-5-7/h1-5,8H,6H2. The topological polar surface area (TPSA) is 17.1 Å². The third-order valence-corrected chi connectivity index (χ3v) is 1.75. The van der Waals surface area contributed by atoms with E-state index in [2.05, 4.69) is 0 Å². The number of carbonyl (C=O) groups is 1. The van der Waals surface area contributed by atoms with E-state index in [1.54, 1.807) is 30.3 Å². The number of halogens is 2. The van der Waals surface area contributed by atoms with E-state index in [0.29, 0.717) is 5.56 Å². The second-order valence-corrected chi connectivity index (χ2v) is 2.66. The Bertz CT molecular complexity index is 260. The minimum Gasteiger partial charge on any atom is -0.291 e. The van der Waals surface area contributed by atoms with Gasteiger partial charge in [-0.1, -0.05) is 30.3 Å². The fourth-order valence-corrected chi connectivity index (χ4v) is 0.993. The Labute approximate surface area is 75.2 Å². The summed E-state index contributed by atoms with van der Waals surface area (Å²) in [7, 11) is 0. The third kappa shape index (κ3) is 2.05. The highest BCUT2D eigenvalue weighted by Gasteiger charge is 2.16. The van der Waals surface area contributed by atoms with Crippen LogP contribution in [0.25, 0.3) is 0 Å². The summed E-state index contributed by atoms with van der Waals surface area (Å²) in [5.41, 5.74) is 0.366. The lowest BCUT2D eigenvalue weighted by atomic mass is 10.1. The van der Waals surface area contributed by atoms with Crippen LogP contribution < -0.4 is 0 Å². The lowest BCUT2D eigenvalue weighted by Gasteiger charge is -2.01. The van der Waals surface area contributed by atoms with Crippen molar-refractivity contribution in [3.8, 4) is 0 Å². The van der Waals surface area contributed by atoms with E-state index in [-0.39, 0.29) is 5.88 Å². The number of alkyl halides is 2. The minimum absolute atomic E-state index is 0.284. The quantitative estimate of drug-likeness (QED) is 0.524. The summed E-state index contributed by atoms with van der Waals surface area (Å²) in [5.74, 6) is -0.834. The van der Waals surface area contributed by atoms with Crippen molar-refractivity contribution in [1.82, 2.24) is 0 Å². The van der Waals surface area contributed by atoms with Crippen LogP contribution in [-0.2, 0) is 0 Å². The summed E-state index contributed by atoms with van der Waals surface area (Å²) in [6.45, 7) is 0. The highest BCUT2D eigenvalue weighted by molar-refractivity contribution is 6.20. The average Bonchev–Trinajstić information content (AvgIpc) is 2.17. The molecule has 1 unspecified atom stereocenters. The molecule has 1 atom stereocenters. The molecule has 1 nitrogen and oxygen atoms in total. The maximum atomic E-state index is 12.7. The molecule has 0 spiro atoms. The van der Waals surface area contributed by atoms with E-state index in [0.717, 1.165) is 0 Å². The lowest BCUT2D eigenvalue weighted by Crippen LogP contribution is -2.16. The van der Waals surface area contributed by atoms with Gasteiger partial charge in [0.1, 0.15) is 0 Å². The first kappa shape index (κ1) is 9.20. The van der Waals surface area contributed by atoms with Gasteiger partial charge in [0.15, 0.2) is 12.0 Å². The largest absolute Gasteiger partial charge is 0.291 e. The number of Topliss-reactive ketones (excluding diaryl/α,β-unsaturated/α-hetero) is 1. The lowest BCUT2D eigenvalue weighted by molar-refractivity contribution is 0.0895. The van der Waals surface area contributed by atoms with Gasteiger partial charge in [0, 0.05) is 5.56 Å². The molecule has 1 rings (SSSR count). The maximum Gasteiger partial charge on any atom is 0.198 e. The summed E-state index contributed by atoms with van der Waals surface area (Å²) in [5, 5.41) is 0. The van der Waals surface area contributed by atoms with E-state index in [1.807, 2.05) is 0 Å². The van der Waals surface area contributed by atoms with Crippen LogP contribution in [-0.4, -0.2) is 17.8 Å². The molecule has 3 heteroatoms.